The average Bonchev–Trinajstić information content (AvgIpc) is 3.20. The Morgan fingerprint density at radius 1 is 1.03 bits per heavy atom. The number of hydrogen-bond acceptors (Lipinski definition) is 6. The number of amides is 2. The van der Waals surface area contributed by atoms with Gasteiger partial charge in [0.25, 0.3) is 0 Å². The van der Waals surface area contributed by atoms with Gasteiger partial charge in [0.05, 0.1) is 7.11 Å². The Morgan fingerprint density at radius 3 is 2.67 bits per heavy atom. The van der Waals surface area contributed by atoms with Gasteiger partial charge in [-0.2, -0.15) is 0 Å². The third-order valence-corrected chi connectivity index (χ3v) is 5.18. The molecule has 9 heteroatoms. The first-order valence-corrected chi connectivity index (χ1v) is 9.90. The first kappa shape index (κ1) is 19.7. The fourth-order valence-corrected chi connectivity index (χ4v) is 3.51. The van der Waals surface area contributed by atoms with Gasteiger partial charge in [-0.1, -0.05) is 12.1 Å². The smallest absolute Gasteiger partial charge is 0.235 e. The Labute approximate surface area is 174 Å². The Morgan fingerprint density at radius 2 is 1.87 bits per heavy atom. The number of ether oxygens (including phenoxy) is 1. The highest BCUT2D eigenvalue weighted by Crippen LogP contribution is 2.22. The highest BCUT2D eigenvalue weighted by atomic mass is 16.5. The summed E-state index contributed by atoms with van der Waals surface area (Å²) in [7, 11) is 1.65. The van der Waals surface area contributed by atoms with Gasteiger partial charge in [0, 0.05) is 57.0 Å². The summed E-state index contributed by atoms with van der Waals surface area (Å²) in [5.41, 5.74) is 1.74. The molecule has 0 bridgehead atoms. The van der Waals surface area contributed by atoms with Gasteiger partial charge in [-0.15, -0.1) is 10.2 Å². The summed E-state index contributed by atoms with van der Waals surface area (Å²) >= 11 is 0. The molecular formula is C21H24N6O3. The molecule has 1 aromatic carbocycles. The summed E-state index contributed by atoms with van der Waals surface area (Å²) in [5.74, 6) is 0.908. The van der Waals surface area contributed by atoms with Crippen LogP contribution in [0.2, 0.25) is 0 Å². The van der Waals surface area contributed by atoms with Gasteiger partial charge < -0.3 is 14.5 Å². The monoisotopic (exact) mass is 408 g/mol. The number of hydrogen-bond donors (Lipinski definition) is 1. The van der Waals surface area contributed by atoms with Gasteiger partial charge in [-0.3, -0.25) is 19.3 Å². The second kappa shape index (κ2) is 8.81. The van der Waals surface area contributed by atoms with Crippen LogP contribution in [0.3, 0.4) is 0 Å². The van der Waals surface area contributed by atoms with Crippen LogP contribution in [0.4, 0.5) is 11.6 Å². The number of carbonyl (C=O) groups is 2. The Balaban J connectivity index is 1.25. The van der Waals surface area contributed by atoms with Crippen LogP contribution in [-0.4, -0.2) is 64.6 Å². The normalized spacial score (nSPS) is 14.0. The summed E-state index contributed by atoms with van der Waals surface area (Å²) in [5, 5.41) is 10.7. The third kappa shape index (κ3) is 4.35. The van der Waals surface area contributed by atoms with Crippen molar-refractivity contribution < 1.29 is 14.3 Å². The molecule has 0 unspecified atom stereocenters. The predicted molar refractivity (Wildman–Crippen MR) is 113 cm³/mol. The number of carbonyl (C=O) groups excluding carboxylic acids is 2. The van der Waals surface area contributed by atoms with E-state index in [4.69, 9.17) is 4.74 Å². The fraction of sp³-hybridized carbons (Fsp3) is 0.333. The summed E-state index contributed by atoms with van der Waals surface area (Å²) < 4.78 is 6.97. The van der Waals surface area contributed by atoms with Crippen LogP contribution in [0.1, 0.15) is 12.8 Å². The highest BCUT2D eigenvalue weighted by molar-refractivity contribution is 5.92. The quantitative estimate of drug-likeness (QED) is 0.669. The molecule has 4 rings (SSSR count). The van der Waals surface area contributed by atoms with Crippen molar-refractivity contribution >= 4 is 29.1 Å². The lowest BCUT2D eigenvalue weighted by Gasteiger charge is -2.36. The van der Waals surface area contributed by atoms with Crippen LogP contribution in [0.5, 0.6) is 5.75 Å². The van der Waals surface area contributed by atoms with E-state index in [0.717, 1.165) is 24.5 Å². The van der Waals surface area contributed by atoms with Crippen LogP contribution in [-0.2, 0) is 9.59 Å². The lowest BCUT2D eigenvalue weighted by atomic mass is 10.2. The van der Waals surface area contributed by atoms with E-state index in [-0.39, 0.29) is 24.7 Å². The van der Waals surface area contributed by atoms with Crippen LogP contribution in [0.15, 0.2) is 48.7 Å². The van der Waals surface area contributed by atoms with Crippen molar-refractivity contribution in [2.75, 3.05) is 43.5 Å². The summed E-state index contributed by atoms with van der Waals surface area (Å²) in [6, 6.07) is 13.4. The molecule has 1 N–H and O–H groups in total. The number of rotatable bonds is 6. The zero-order chi connectivity index (χ0) is 20.9. The molecule has 2 aromatic heterocycles. The van der Waals surface area contributed by atoms with E-state index in [1.54, 1.807) is 23.8 Å². The number of methoxy groups -OCH3 is 1. The van der Waals surface area contributed by atoms with Crippen LogP contribution < -0.4 is 15.0 Å². The van der Waals surface area contributed by atoms with Crippen molar-refractivity contribution in [1.82, 2.24) is 19.5 Å². The fourth-order valence-electron chi connectivity index (χ4n) is 3.51. The van der Waals surface area contributed by atoms with E-state index < -0.39 is 0 Å². The van der Waals surface area contributed by atoms with Gasteiger partial charge in [0.15, 0.2) is 5.65 Å². The van der Waals surface area contributed by atoms with Crippen molar-refractivity contribution in [3.05, 3.63) is 48.7 Å². The lowest BCUT2D eigenvalue weighted by Crippen LogP contribution is -2.48. The van der Waals surface area contributed by atoms with E-state index in [2.05, 4.69) is 20.4 Å². The van der Waals surface area contributed by atoms with Crippen molar-refractivity contribution in [3.8, 4) is 5.75 Å². The zero-order valence-electron chi connectivity index (χ0n) is 16.8. The number of benzene rings is 1. The number of fused-ring (bicyclic) bond motifs is 1. The minimum atomic E-state index is -0.253. The predicted octanol–water partition coefficient (Wildman–Crippen LogP) is 1.81. The van der Waals surface area contributed by atoms with Gasteiger partial charge in [-0.25, -0.2) is 0 Å². The Hall–Kier alpha value is -3.62. The minimum Gasteiger partial charge on any atom is -0.497 e. The molecule has 1 saturated heterocycles. The van der Waals surface area contributed by atoms with Crippen molar-refractivity contribution in [2.24, 2.45) is 0 Å². The van der Waals surface area contributed by atoms with E-state index in [9.17, 15) is 9.59 Å². The second-order valence-electron chi connectivity index (χ2n) is 7.07. The number of piperazine rings is 1. The summed E-state index contributed by atoms with van der Waals surface area (Å²) in [6.07, 6.45) is 2.05. The van der Waals surface area contributed by atoms with Crippen molar-refractivity contribution in [1.29, 1.82) is 0 Å². The number of anilines is 2. The molecule has 0 atom stereocenters. The molecular weight excluding hydrogens is 384 g/mol. The van der Waals surface area contributed by atoms with Gasteiger partial charge >= 0.3 is 0 Å². The summed E-state index contributed by atoms with van der Waals surface area (Å²) in [6.45, 7) is 2.76. The average molecular weight is 408 g/mol. The van der Waals surface area contributed by atoms with E-state index >= 15 is 0 Å². The highest BCUT2D eigenvalue weighted by Gasteiger charge is 2.22. The minimum absolute atomic E-state index is 0.0125. The molecule has 3 heterocycles. The number of nitrogens with zero attached hydrogens (tertiary/aromatic N) is 5. The van der Waals surface area contributed by atoms with Crippen LogP contribution >= 0.6 is 0 Å². The number of aromatic nitrogens is 3. The van der Waals surface area contributed by atoms with Gasteiger partial charge in [-0.05, 0) is 24.3 Å². The molecule has 1 aliphatic heterocycles. The van der Waals surface area contributed by atoms with Crippen LogP contribution in [0.25, 0.3) is 5.65 Å². The number of pyridine rings is 1. The van der Waals surface area contributed by atoms with Crippen molar-refractivity contribution in [2.45, 2.75) is 12.8 Å². The molecule has 1 aliphatic rings. The molecule has 0 saturated carbocycles. The second-order valence-corrected chi connectivity index (χ2v) is 7.07. The number of nitrogens with one attached hydrogen (secondary N) is 1. The van der Waals surface area contributed by atoms with E-state index in [0.29, 0.717) is 24.7 Å². The Bertz CT molecular complexity index is 1040. The molecule has 9 nitrogen and oxygen atoms in total. The molecule has 30 heavy (non-hydrogen) atoms. The summed E-state index contributed by atoms with van der Waals surface area (Å²) in [4.78, 5) is 28.8. The molecule has 0 spiro atoms. The molecule has 3 aromatic rings. The molecule has 1 fully saturated rings. The molecule has 2 amide bonds. The standard InChI is InChI=1S/C21H24N6O3/c1-30-17-6-4-5-16(15-17)25-11-13-26(14-12-25)20(29)9-8-19(28)22-21-24-23-18-7-2-3-10-27(18)21/h2-7,10,15H,8-9,11-14H2,1H3,(H,22,24,28). The SMILES string of the molecule is COc1cccc(N2CCN(C(=O)CCC(=O)Nc3nnc4ccccn34)CC2)c1. The van der Waals surface area contributed by atoms with E-state index in [1.807, 2.05) is 41.3 Å². The maximum absolute atomic E-state index is 12.5. The first-order valence-electron chi connectivity index (χ1n) is 9.90. The van der Waals surface area contributed by atoms with Gasteiger partial charge in [0.2, 0.25) is 17.8 Å². The lowest BCUT2D eigenvalue weighted by molar-refractivity contribution is -0.133. The largest absolute Gasteiger partial charge is 0.497 e. The topological polar surface area (TPSA) is 92.1 Å². The first-order chi connectivity index (χ1) is 14.6. The molecule has 156 valence electrons. The Kier molecular flexibility index (Phi) is 5.78. The van der Waals surface area contributed by atoms with Crippen molar-refractivity contribution in [3.63, 3.8) is 0 Å². The third-order valence-electron chi connectivity index (χ3n) is 5.18. The van der Waals surface area contributed by atoms with Crippen LogP contribution in [0, 0.1) is 0 Å². The maximum Gasteiger partial charge on any atom is 0.235 e. The molecule has 0 aliphatic carbocycles. The maximum atomic E-state index is 12.5. The van der Waals surface area contributed by atoms with E-state index in [1.165, 1.54) is 0 Å². The van der Waals surface area contributed by atoms with Gasteiger partial charge in [0.1, 0.15) is 5.75 Å². The zero-order valence-corrected chi connectivity index (χ0v) is 16.8. The molecule has 0 radical (unpaired) electrons.